The van der Waals surface area contributed by atoms with Gasteiger partial charge in [0.2, 0.25) is 0 Å². The van der Waals surface area contributed by atoms with Gasteiger partial charge in [0, 0.05) is 13.1 Å². The van der Waals surface area contributed by atoms with Crippen molar-refractivity contribution in [1.29, 1.82) is 0 Å². The first-order valence-electron chi connectivity index (χ1n) is 7.23. The van der Waals surface area contributed by atoms with Crippen LogP contribution in [0, 0.1) is 5.41 Å². The van der Waals surface area contributed by atoms with Crippen LogP contribution in [0.25, 0.3) is 0 Å². The Bertz CT molecular complexity index is 402. The third kappa shape index (κ3) is 4.09. The molecule has 1 aliphatic heterocycles. The van der Waals surface area contributed by atoms with Gasteiger partial charge in [0.1, 0.15) is 6.04 Å². The highest BCUT2D eigenvalue weighted by molar-refractivity contribution is 5.83. The van der Waals surface area contributed by atoms with E-state index >= 15 is 0 Å². The first kappa shape index (κ1) is 17.3. The number of ether oxygens (including phenoxy) is 1. The maximum Gasteiger partial charge on any atom is 0.328 e. The summed E-state index contributed by atoms with van der Waals surface area (Å²) in [4.78, 5) is 36.3. The third-order valence-corrected chi connectivity index (χ3v) is 4.08. The second-order valence-electron chi connectivity index (χ2n) is 5.52. The fraction of sp³-hybridized carbons (Fsp3) is 0.786. The molecule has 21 heavy (non-hydrogen) atoms. The Morgan fingerprint density at radius 2 is 1.90 bits per heavy atom. The van der Waals surface area contributed by atoms with Crippen molar-refractivity contribution in [3.8, 4) is 0 Å². The molecule has 1 saturated heterocycles. The van der Waals surface area contributed by atoms with Gasteiger partial charge in [0.15, 0.2) is 0 Å². The summed E-state index contributed by atoms with van der Waals surface area (Å²) in [6.07, 6.45) is 2.31. The Hall–Kier alpha value is -1.79. The van der Waals surface area contributed by atoms with Crippen LogP contribution in [-0.2, 0) is 14.3 Å². The molecule has 0 saturated carbocycles. The maximum absolute atomic E-state index is 12.0. The highest BCUT2D eigenvalue weighted by Crippen LogP contribution is 2.36. The minimum absolute atomic E-state index is 0.358. The summed E-state index contributed by atoms with van der Waals surface area (Å²) in [6, 6.07) is -1.08. The summed E-state index contributed by atoms with van der Waals surface area (Å²) >= 11 is 0. The zero-order valence-electron chi connectivity index (χ0n) is 12.8. The van der Waals surface area contributed by atoms with E-state index in [1.807, 2.05) is 6.92 Å². The number of carboxylic acid groups (broad SMARTS) is 1. The lowest BCUT2D eigenvalue weighted by atomic mass is 9.75. The molecular weight excluding hydrogens is 276 g/mol. The van der Waals surface area contributed by atoms with E-state index in [9.17, 15) is 19.5 Å². The molecule has 1 unspecified atom stereocenters. The Labute approximate surface area is 124 Å². The molecule has 0 aliphatic carbocycles. The molecule has 1 heterocycles. The Kier molecular flexibility index (Phi) is 5.99. The maximum atomic E-state index is 12.0. The number of carbonyl (C=O) groups excluding carboxylic acids is 2. The lowest BCUT2D eigenvalue weighted by molar-refractivity contribution is -0.152. The fourth-order valence-electron chi connectivity index (χ4n) is 2.70. The van der Waals surface area contributed by atoms with Crippen LogP contribution < -0.4 is 5.32 Å². The number of rotatable bonds is 5. The molecule has 1 fully saturated rings. The number of hydrogen-bond acceptors (Lipinski definition) is 4. The second kappa shape index (κ2) is 7.28. The Morgan fingerprint density at radius 1 is 1.33 bits per heavy atom. The standard InChI is InChI=1S/C14H24N2O5/c1-4-5-14(12(18)19)6-8-16(9-7-14)13(20)15-10(2)11(17)21-3/h10H,4-9H2,1-3H3,(H,15,20)(H,18,19). The lowest BCUT2D eigenvalue weighted by Gasteiger charge is -2.39. The second-order valence-corrected chi connectivity index (χ2v) is 5.52. The van der Waals surface area contributed by atoms with Crippen LogP contribution in [-0.4, -0.2) is 54.2 Å². The van der Waals surface area contributed by atoms with Gasteiger partial charge >= 0.3 is 18.0 Å². The average Bonchev–Trinajstić information content (AvgIpc) is 2.46. The summed E-state index contributed by atoms with van der Waals surface area (Å²) in [5, 5.41) is 12.0. The van der Waals surface area contributed by atoms with Gasteiger partial charge in [-0.15, -0.1) is 0 Å². The number of esters is 1. The zero-order valence-corrected chi connectivity index (χ0v) is 12.8. The summed E-state index contributed by atoms with van der Waals surface area (Å²) < 4.78 is 4.55. The molecule has 2 amide bonds. The molecule has 0 aromatic rings. The molecule has 1 rings (SSSR count). The molecule has 0 radical (unpaired) electrons. The van der Waals surface area contributed by atoms with E-state index in [1.165, 1.54) is 7.11 Å². The topological polar surface area (TPSA) is 95.9 Å². The van der Waals surface area contributed by atoms with Gasteiger partial charge in [-0.2, -0.15) is 0 Å². The van der Waals surface area contributed by atoms with Crippen LogP contribution in [0.2, 0.25) is 0 Å². The van der Waals surface area contributed by atoms with Gasteiger partial charge in [-0.05, 0) is 26.2 Å². The average molecular weight is 300 g/mol. The van der Waals surface area contributed by atoms with E-state index in [0.29, 0.717) is 32.4 Å². The number of nitrogens with one attached hydrogen (secondary N) is 1. The first-order valence-corrected chi connectivity index (χ1v) is 7.23. The Balaban J connectivity index is 2.57. The molecule has 120 valence electrons. The smallest absolute Gasteiger partial charge is 0.328 e. The molecule has 1 atom stereocenters. The highest BCUT2D eigenvalue weighted by atomic mass is 16.5. The van der Waals surface area contributed by atoms with Gasteiger partial charge in [-0.25, -0.2) is 9.59 Å². The number of carboxylic acids is 1. The van der Waals surface area contributed by atoms with Crippen LogP contribution in [0.3, 0.4) is 0 Å². The van der Waals surface area contributed by atoms with Crippen LogP contribution >= 0.6 is 0 Å². The summed E-state index contributed by atoms with van der Waals surface area (Å²) in [6.45, 7) is 4.27. The predicted octanol–water partition coefficient (Wildman–Crippen LogP) is 1.22. The molecule has 0 aromatic heterocycles. The van der Waals surface area contributed by atoms with E-state index in [0.717, 1.165) is 6.42 Å². The summed E-state index contributed by atoms with van der Waals surface area (Å²) in [5.74, 6) is -1.29. The van der Waals surface area contributed by atoms with E-state index in [-0.39, 0.29) is 6.03 Å². The number of carbonyl (C=O) groups is 3. The van der Waals surface area contributed by atoms with E-state index in [1.54, 1.807) is 11.8 Å². The van der Waals surface area contributed by atoms with Crippen molar-refractivity contribution < 1.29 is 24.2 Å². The molecule has 0 spiro atoms. The van der Waals surface area contributed by atoms with Crippen LogP contribution in [0.4, 0.5) is 4.79 Å². The lowest BCUT2D eigenvalue weighted by Crippen LogP contribution is -2.52. The van der Waals surface area contributed by atoms with Gasteiger partial charge in [-0.1, -0.05) is 13.3 Å². The largest absolute Gasteiger partial charge is 0.481 e. The SMILES string of the molecule is CCCC1(C(=O)O)CCN(C(=O)NC(C)C(=O)OC)CC1. The van der Waals surface area contributed by atoms with Crippen molar-refractivity contribution in [3.63, 3.8) is 0 Å². The first-order chi connectivity index (χ1) is 9.86. The van der Waals surface area contributed by atoms with Crippen molar-refractivity contribution in [2.24, 2.45) is 5.41 Å². The number of methoxy groups -OCH3 is 1. The van der Waals surface area contributed by atoms with Crippen molar-refractivity contribution in [1.82, 2.24) is 10.2 Å². The highest BCUT2D eigenvalue weighted by Gasteiger charge is 2.41. The van der Waals surface area contributed by atoms with Gasteiger partial charge in [0.05, 0.1) is 12.5 Å². The number of urea groups is 1. The van der Waals surface area contributed by atoms with E-state index in [4.69, 9.17) is 0 Å². The Morgan fingerprint density at radius 3 is 2.33 bits per heavy atom. The molecular formula is C14H24N2O5. The van der Waals surface area contributed by atoms with Crippen molar-refractivity contribution in [3.05, 3.63) is 0 Å². The van der Waals surface area contributed by atoms with Crippen LogP contribution in [0.15, 0.2) is 0 Å². The van der Waals surface area contributed by atoms with Crippen molar-refractivity contribution >= 4 is 18.0 Å². The minimum Gasteiger partial charge on any atom is -0.481 e. The molecule has 7 nitrogen and oxygen atoms in total. The third-order valence-electron chi connectivity index (χ3n) is 4.08. The number of piperidine rings is 1. The van der Waals surface area contributed by atoms with Crippen molar-refractivity contribution in [2.45, 2.75) is 45.6 Å². The number of aliphatic carboxylic acids is 1. The molecule has 2 N–H and O–H groups in total. The van der Waals surface area contributed by atoms with Gasteiger partial charge in [-0.3, -0.25) is 4.79 Å². The zero-order chi connectivity index (χ0) is 16.0. The predicted molar refractivity (Wildman–Crippen MR) is 75.8 cm³/mol. The quantitative estimate of drug-likeness (QED) is 0.744. The number of nitrogens with zero attached hydrogens (tertiary/aromatic N) is 1. The van der Waals surface area contributed by atoms with Gasteiger partial charge < -0.3 is 20.1 Å². The number of amides is 2. The normalized spacial score (nSPS) is 18.7. The fourth-order valence-corrected chi connectivity index (χ4v) is 2.70. The van der Waals surface area contributed by atoms with Crippen molar-refractivity contribution in [2.75, 3.05) is 20.2 Å². The number of hydrogen-bond donors (Lipinski definition) is 2. The number of likely N-dealkylation sites (tertiary alicyclic amines) is 1. The van der Waals surface area contributed by atoms with E-state index in [2.05, 4.69) is 10.1 Å². The molecule has 0 bridgehead atoms. The summed E-state index contributed by atoms with van der Waals surface area (Å²) in [5.41, 5.74) is -0.723. The molecule has 7 heteroatoms. The summed E-state index contributed by atoms with van der Waals surface area (Å²) in [7, 11) is 1.26. The van der Waals surface area contributed by atoms with Crippen LogP contribution in [0.1, 0.15) is 39.5 Å². The molecule has 0 aromatic carbocycles. The van der Waals surface area contributed by atoms with Crippen LogP contribution in [0.5, 0.6) is 0 Å². The monoisotopic (exact) mass is 300 g/mol. The van der Waals surface area contributed by atoms with E-state index < -0.39 is 23.4 Å². The minimum atomic E-state index is -0.785. The molecule has 1 aliphatic rings. The van der Waals surface area contributed by atoms with Gasteiger partial charge in [0.25, 0.3) is 0 Å².